The molecule has 106 valence electrons. The molecule has 20 heavy (non-hydrogen) atoms. The van der Waals surface area contributed by atoms with Gasteiger partial charge >= 0.3 is 0 Å². The van der Waals surface area contributed by atoms with Gasteiger partial charge in [-0.25, -0.2) is 4.39 Å². The molecular weight excluding hydrogens is 259 g/mol. The van der Waals surface area contributed by atoms with E-state index in [4.69, 9.17) is 4.52 Å². The summed E-state index contributed by atoms with van der Waals surface area (Å²) in [6.45, 7) is 3.16. The second kappa shape index (κ2) is 5.34. The number of rotatable bonds is 3. The Kier molecular flexibility index (Phi) is 3.54. The SMILES string of the molecule is Cc1oncc1CN1C[C@@H](O)C[C@H]1c1ccc(F)cc1. The molecule has 1 aromatic heterocycles. The fourth-order valence-electron chi connectivity index (χ4n) is 2.78. The Hall–Kier alpha value is -1.72. The van der Waals surface area contributed by atoms with Gasteiger partial charge in [0, 0.05) is 24.7 Å². The molecular formula is C15H17FN2O2. The van der Waals surface area contributed by atoms with Crippen molar-refractivity contribution in [3.63, 3.8) is 0 Å². The van der Waals surface area contributed by atoms with Crippen molar-refractivity contribution in [1.82, 2.24) is 10.1 Å². The van der Waals surface area contributed by atoms with Crippen molar-refractivity contribution in [2.45, 2.75) is 32.0 Å². The van der Waals surface area contributed by atoms with Gasteiger partial charge in [-0.15, -0.1) is 0 Å². The van der Waals surface area contributed by atoms with Crippen molar-refractivity contribution < 1.29 is 14.0 Å². The molecule has 1 fully saturated rings. The van der Waals surface area contributed by atoms with E-state index in [0.29, 0.717) is 19.5 Å². The summed E-state index contributed by atoms with van der Waals surface area (Å²) in [5.41, 5.74) is 2.04. The summed E-state index contributed by atoms with van der Waals surface area (Å²) >= 11 is 0. The molecule has 0 amide bonds. The van der Waals surface area contributed by atoms with Crippen LogP contribution in [0.15, 0.2) is 35.0 Å². The van der Waals surface area contributed by atoms with Crippen LogP contribution in [0.1, 0.15) is 29.3 Å². The van der Waals surface area contributed by atoms with Crippen LogP contribution >= 0.6 is 0 Å². The molecule has 5 heteroatoms. The highest BCUT2D eigenvalue weighted by Gasteiger charge is 2.32. The number of benzene rings is 1. The molecule has 3 rings (SSSR count). The van der Waals surface area contributed by atoms with Crippen LogP contribution in [0.4, 0.5) is 4.39 Å². The van der Waals surface area contributed by atoms with E-state index in [1.807, 2.05) is 6.92 Å². The average molecular weight is 276 g/mol. The van der Waals surface area contributed by atoms with Crippen LogP contribution < -0.4 is 0 Å². The molecule has 1 aliphatic heterocycles. The van der Waals surface area contributed by atoms with Gasteiger partial charge in [-0.1, -0.05) is 17.3 Å². The molecule has 1 aliphatic rings. The summed E-state index contributed by atoms with van der Waals surface area (Å²) in [4.78, 5) is 2.18. The van der Waals surface area contributed by atoms with E-state index in [-0.39, 0.29) is 18.0 Å². The number of hydrogen-bond donors (Lipinski definition) is 1. The zero-order valence-corrected chi connectivity index (χ0v) is 11.3. The van der Waals surface area contributed by atoms with Crippen molar-refractivity contribution in [2.75, 3.05) is 6.54 Å². The molecule has 0 unspecified atom stereocenters. The van der Waals surface area contributed by atoms with Gasteiger partial charge in [-0.05, 0) is 31.0 Å². The molecule has 2 aromatic rings. The largest absolute Gasteiger partial charge is 0.392 e. The van der Waals surface area contributed by atoms with Crippen molar-refractivity contribution in [2.24, 2.45) is 0 Å². The highest BCUT2D eigenvalue weighted by atomic mass is 19.1. The number of aromatic nitrogens is 1. The van der Waals surface area contributed by atoms with Gasteiger partial charge < -0.3 is 9.63 Å². The van der Waals surface area contributed by atoms with E-state index in [1.54, 1.807) is 18.3 Å². The van der Waals surface area contributed by atoms with Gasteiger partial charge in [0.15, 0.2) is 0 Å². The molecule has 4 nitrogen and oxygen atoms in total. The Morgan fingerprint density at radius 3 is 2.80 bits per heavy atom. The highest BCUT2D eigenvalue weighted by Crippen LogP contribution is 2.33. The lowest BCUT2D eigenvalue weighted by Crippen LogP contribution is -2.24. The third kappa shape index (κ3) is 2.59. The van der Waals surface area contributed by atoms with Crippen molar-refractivity contribution >= 4 is 0 Å². The summed E-state index contributed by atoms with van der Waals surface area (Å²) in [6, 6.07) is 6.59. The number of β-amino-alcohol motifs (C(OH)–C–C–N with tert-alkyl or cyclic N) is 1. The zero-order valence-electron chi connectivity index (χ0n) is 11.3. The predicted octanol–water partition coefficient (Wildman–Crippen LogP) is 2.43. The smallest absolute Gasteiger partial charge is 0.138 e. The van der Waals surface area contributed by atoms with E-state index in [9.17, 15) is 9.50 Å². The third-order valence-corrected chi connectivity index (χ3v) is 3.86. The summed E-state index contributed by atoms with van der Waals surface area (Å²) in [5, 5.41) is 13.7. The molecule has 2 heterocycles. The molecule has 0 radical (unpaired) electrons. The number of aliphatic hydroxyl groups is 1. The molecule has 0 bridgehead atoms. The fraction of sp³-hybridized carbons (Fsp3) is 0.400. The first-order valence-electron chi connectivity index (χ1n) is 6.71. The van der Waals surface area contributed by atoms with Gasteiger partial charge in [-0.2, -0.15) is 0 Å². The van der Waals surface area contributed by atoms with Gasteiger partial charge in [0.1, 0.15) is 11.6 Å². The van der Waals surface area contributed by atoms with Crippen LogP contribution in [0.5, 0.6) is 0 Å². The molecule has 1 aromatic carbocycles. The Morgan fingerprint density at radius 1 is 1.40 bits per heavy atom. The first kappa shape index (κ1) is 13.3. The lowest BCUT2D eigenvalue weighted by molar-refractivity contribution is 0.172. The number of aryl methyl sites for hydroxylation is 1. The minimum atomic E-state index is -0.356. The van der Waals surface area contributed by atoms with Crippen molar-refractivity contribution in [1.29, 1.82) is 0 Å². The first-order chi connectivity index (χ1) is 9.63. The van der Waals surface area contributed by atoms with Crippen LogP contribution in [-0.4, -0.2) is 27.8 Å². The Bertz CT molecular complexity index is 582. The molecule has 1 saturated heterocycles. The molecule has 0 aliphatic carbocycles. The van der Waals surface area contributed by atoms with E-state index >= 15 is 0 Å². The van der Waals surface area contributed by atoms with Gasteiger partial charge in [0.2, 0.25) is 0 Å². The number of aliphatic hydroxyl groups excluding tert-OH is 1. The van der Waals surface area contributed by atoms with Crippen LogP contribution in [0.25, 0.3) is 0 Å². The zero-order chi connectivity index (χ0) is 14.1. The first-order valence-corrected chi connectivity index (χ1v) is 6.71. The number of halogens is 1. The van der Waals surface area contributed by atoms with E-state index < -0.39 is 0 Å². The summed E-state index contributed by atoms with van der Waals surface area (Å²) in [7, 11) is 0. The minimum absolute atomic E-state index is 0.0971. The normalized spacial score (nSPS) is 23.4. The average Bonchev–Trinajstić information content (AvgIpc) is 2.98. The summed E-state index contributed by atoms with van der Waals surface area (Å²) < 4.78 is 18.1. The topological polar surface area (TPSA) is 49.5 Å². The number of hydrogen-bond acceptors (Lipinski definition) is 4. The fourth-order valence-corrected chi connectivity index (χ4v) is 2.78. The lowest BCUT2D eigenvalue weighted by atomic mass is 10.0. The monoisotopic (exact) mass is 276 g/mol. The van der Waals surface area contributed by atoms with Gasteiger partial charge in [-0.3, -0.25) is 4.90 Å². The number of likely N-dealkylation sites (tertiary alicyclic amines) is 1. The molecule has 2 atom stereocenters. The Balaban J connectivity index is 1.81. The third-order valence-electron chi connectivity index (χ3n) is 3.86. The molecule has 1 N–H and O–H groups in total. The van der Waals surface area contributed by atoms with Crippen LogP contribution in [0.2, 0.25) is 0 Å². The van der Waals surface area contributed by atoms with Crippen LogP contribution in [-0.2, 0) is 6.54 Å². The number of nitrogens with zero attached hydrogens (tertiary/aromatic N) is 2. The molecule has 0 spiro atoms. The maximum atomic E-state index is 13.0. The summed E-state index contributed by atoms with van der Waals surface area (Å²) in [5.74, 6) is 0.554. The van der Waals surface area contributed by atoms with Gasteiger partial charge in [0.25, 0.3) is 0 Å². The minimum Gasteiger partial charge on any atom is -0.392 e. The Morgan fingerprint density at radius 2 is 2.15 bits per heavy atom. The van der Waals surface area contributed by atoms with Crippen molar-refractivity contribution in [3.05, 3.63) is 53.2 Å². The molecule has 0 saturated carbocycles. The maximum absolute atomic E-state index is 13.0. The highest BCUT2D eigenvalue weighted by molar-refractivity contribution is 5.22. The second-order valence-electron chi connectivity index (χ2n) is 5.29. The quantitative estimate of drug-likeness (QED) is 0.935. The van der Waals surface area contributed by atoms with Crippen LogP contribution in [0.3, 0.4) is 0 Å². The van der Waals surface area contributed by atoms with E-state index in [1.165, 1.54) is 12.1 Å². The standard InChI is InChI=1S/C15H17FN2O2/c1-10-12(7-17-20-10)8-18-9-14(19)6-15(18)11-2-4-13(16)5-3-11/h2-5,7,14-15,19H,6,8-9H2,1H3/t14-,15-/m0/s1. The van der Waals surface area contributed by atoms with E-state index in [2.05, 4.69) is 10.1 Å². The predicted molar refractivity (Wildman–Crippen MR) is 71.4 cm³/mol. The van der Waals surface area contributed by atoms with Gasteiger partial charge in [0.05, 0.1) is 12.3 Å². The second-order valence-corrected chi connectivity index (χ2v) is 5.29. The van der Waals surface area contributed by atoms with Crippen LogP contribution in [0, 0.1) is 12.7 Å². The summed E-state index contributed by atoms with van der Waals surface area (Å²) in [6.07, 6.45) is 2.02. The lowest BCUT2D eigenvalue weighted by Gasteiger charge is -2.24. The Labute approximate surface area is 116 Å². The maximum Gasteiger partial charge on any atom is 0.138 e. The van der Waals surface area contributed by atoms with E-state index in [0.717, 1.165) is 16.9 Å². The van der Waals surface area contributed by atoms with Crippen molar-refractivity contribution in [3.8, 4) is 0 Å².